The summed E-state index contributed by atoms with van der Waals surface area (Å²) in [5, 5.41) is 10.5. The molecule has 3 aromatic heterocycles. The van der Waals surface area contributed by atoms with Gasteiger partial charge in [0.1, 0.15) is 0 Å². The van der Waals surface area contributed by atoms with Gasteiger partial charge < -0.3 is 5.32 Å². The quantitative estimate of drug-likeness (QED) is 0.784. The maximum atomic E-state index is 6.30. The lowest BCUT2D eigenvalue weighted by atomic mass is 10.1. The van der Waals surface area contributed by atoms with Gasteiger partial charge in [0, 0.05) is 20.8 Å². The van der Waals surface area contributed by atoms with Crippen LogP contribution in [0.5, 0.6) is 0 Å². The van der Waals surface area contributed by atoms with Gasteiger partial charge in [0.05, 0.1) is 23.0 Å². The van der Waals surface area contributed by atoms with Crippen LogP contribution in [0.2, 0.25) is 5.02 Å². The molecule has 19 heavy (non-hydrogen) atoms. The second kappa shape index (κ2) is 5.25. The molecule has 100 valence electrons. The summed E-state index contributed by atoms with van der Waals surface area (Å²) in [6, 6.07) is 4.51. The molecule has 1 N–H and O–H groups in total. The molecule has 1 atom stereocenters. The molecule has 0 aliphatic heterocycles. The fourth-order valence-electron chi connectivity index (χ4n) is 2.25. The summed E-state index contributed by atoms with van der Waals surface area (Å²) in [6.45, 7) is 2.90. The molecule has 0 bridgehead atoms. The Morgan fingerprint density at radius 2 is 2.32 bits per heavy atom. The lowest BCUT2D eigenvalue weighted by molar-refractivity contribution is 0.568. The van der Waals surface area contributed by atoms with Gasteiger partial charge in [-0.1, -0.05) is 11.6 Å². The predicted octanol–water partition coefficient (Wildman–Crippen LogP) is 4.14. The minimum absolute atomic E-state index is 0.0968. The first-order valence-corrected chi connectivity index (χ1v) is 8.17. The molecule has 0 spiro atoms. The standard InChI is InChI=1S/C13H14ClN3S2/c1-3-17-13(8(14)7-16-17)12(15-2)11-6-10-9(19-11)4-5-18-10/h4-7,12,15H,3H2,1-2H3. The normalized spacial score (nSPS) is 13.2. The molecule has 0 aliphatic rings. The number of rotatable bonds is 4. The highest BCUT2D eigenvalue weighted by Crippen LogP contribution is 2.37. The molecule has 0 saturated heterocycles. The number of hydrogen-bond acceptors (Lipinski definition) is 4. The Bertz CT molecular complexity index is 669. The first-order chi connectivity index (χ1) is 9.24. The van der Waals surface area contributed by atoms with Gasteiger partial charge in [-0.25, -0.2) is 0 Å². The molecule has 0 saturated carbocycles. The van der Waals surface area contributed by atoms with Crippen LogP contribution < -0.4 is 5.32 Å². The number of aryl methyl sites for hydroxylation is 1. The topological polar surface area (TPSA) is 29.9 Å². The Kier molecular flexibility index (Phi) is 3.62. The zero-order chi connectivity index (χ0) is 13.4. The second-order valence-corrected chi connectivity index (χ2v) is 6.68. The van der Waals surface area contributed by atoms with Crippen molar-refractivity contribution in [3.05, 3.63) is 39.3 Å². The molecule has 3 aromatic rings. The first-order valence-electron chi connectivity index (χ1n) is 6.10. The van der Waals surface area contributed by atoms with E-state index in [0.29, 0.717) is 0 Å². The average Bonchev–Trinajstić information content (AvgIpc) is 3.06. The lowest BCUT2D eigenvalue weighted by Crippen LogP contribution is -2.20. The van der Waals surface area contributed by atoms with Crippen LogP contribution in [0.25, 0.3) is 9.40 Å². The third kappa shape index (κ3) is 2.21. The van der Waals surface area contributed by atoms with Crippen molar-refractivity contribution in [3.8, 4) is 0 Å². The third-order valence-electron chi connectivity index (χ3n) is 3.14. The van der Waals surface area contributed by atoms with Crippen molar-refractivity contribution in [1.29, 1.82) is 0 Å². The highest BCUT2D eigenvalue weighted by Gasteiger charge is 2.22. The zero-order valence-electron chi connectivity index (χ0n) is 10.7. The van der Waals surface area contributed by atoms with E-state index >= 15 is 0 Å². The van der Waals surface area contributed by atoms with E-state index in [1.807, 2.05) is 23.1 Å². The first kappa shape index (κ1) is 13.1. The number of halogens is 1. The summed E-state index contributed by atoms with van der Waals surface area (Å²) in [6.07, 6.45) is 1.72. The van der Waals surface area contributed by atoms with Gasteiger partial charge in [-0.3, -0.25) is 4.68 Å². The molecule has 3 rings (SSSR count). The molecule has 0 aromatic carbocycles. The minimum Gasteiger partial charge on any atom is -0.307 e. The summed E-state index contributed by atoms with van der Waals surface area (Å²) < 4.78 is 4.62. The minimum atomic E-state index is 0.0968. The van der Waals surface area contributed by atoms with Gasteiger partial charge in [-0.05, 0) is 31.5 Å². The molecule has 0 amide bonds. The van der Waals surface area contributed by atoms with Crippen molar-refractivity contribution < 1.29 is 0 Å². The van der Waals surface area contributed by atoms with Crippen molar-refractivity contribution >= 4 is 43.7 Å². The Morgan fingerprint density at radius 1 is 1.47 bits per heavy atom. The van der Waals surface area contributed by atoms with Crippen LogP contribution in [0, 0.1) is 0 Å². The van der Waals surface area contributed by atoms with Crippen molar-refractivity contribution in [2.75, 3.05) is 7.05 Å². The van der Waals surface area contributed by atoms with E-state index in [0.717, 1.165) is 17.3 Å². The van der Waals surface area contributed by atoms with Crippen molar-refractivity contribution in [3.63, 3.8) is 0 Å². The van der Waals surface area contributed by atoms with Gasteiger partial charge in [-0.2, -0.15) is 5.10 Å². The van der Waals surface area contributed by atoms with Gasteiger partial charge in [0.2, 0.25) is 0 Å². The smallest absolute Gasteiger partial charge is 0.0855 e. The number of fused-ring (bicyclic) bond motifs is 1. The molecule has 0 radical (unpaired) electrons. The Morgan fingerprint density at radius 3 is 3.00 bits per heavy atom. The van der Waals surface area contributed by atoms with E-state index in [2.05, 4.69) is 34.9 Å². The Labute approximate surface area is 124 Å². The van der Waals surface area contributed by atoms with E-state index in [-0.39, 0.29) is 6.04 Å². The number of hydrogen-bond donors (Lipinski definition) is 1. The molecule has 3 nitrogen and oxygen atoms in total. The highest BCUT2D eigenvalue weighted by atomic mass is 35.5. The van der Waals surface area contributed by atoms with Gasteiger partial charge in [-0.15, -0.1) is 22.7 Å². The van der Waals surface area contributed by atoms with Gasteiger partial charge >= 0.3 is 0 Å². The van der Waals surface area contributed by atoms with Crippen LogP contribution in [0.4, 0.5) is 0 Å². The van der Waals surface area contributed by atoms with Crippen LogP contribution in [-0.2, 0) is 6.54 Å². The average molecular weight is 312 g/mol. The van der Waals surface area contributed by atoms with E-state index in [1.165, 1.54) is 14.3 Å². The van der Waals surface area contributed by atoms with Crippen LogP contribution >= 0.6 is 34.3 Å². The monoisotopic (exact) mass is 311 g/mol. The molecule has 6 heteroatoms. The molecule has 0 aliphatic carbocycles. The maximum absolute atomic E-state index is 6.30. The second-order valence-electron chi connectivity index (χ2n) is 4.21. The fourth-order valence-corrected chi connectivity index (χ4v) is 4.74. The molecule has 3 heterocycles. The number of thiophene rings is 2. The van der Waals surface area contributed by atoms with Crippen molar-refractivity contribution in [2.45, 2.75) is 19.5 Å². The van der Waals surface area contributed by atoms with Crippen LogP contribution in [0.1, 0.15) is 23.5 Å². The van der Waals surface area contributed by atoms with Gasteiger partial charge in [0.15, 0.2) is 0 Å². The maximum Gasteiger partial charge on any atom is 0.0855 e. The zero-order valence-corrected chi connectivity index (χ0v) is 13.1. The van der Waals surface area contributed by atoms with Crippen LogP contribution in [-0.4, -0.2) is 16.8 Å². The molecule has 0 fully saturated rings. The summed E-state index contributed by atoms with van der Waals surface area (Å²) in [5.74, 6) is 0. The number of nitrogens with one attached hydrogen (secondary N) is 1. The Hall–Kier alpha value is -0.880. The van der Waals surface area contributed by atoms with E-state index in [1.54, 1.807) is 17.5 Å². The van der Waals surface area contributed by atoms with E-state index in [9.17, 15) is 0 Å². The summed E-state index contributed by atoms with van der Waals surface area (Å²) in [7, 11) is 1.96. The highest BCUT2D eigenvalue weighted by molar-refractivity contribution is 7.27. The van der Waals surface area contributed by atoms with Gasteiger partial charge in [0.25, 0.3) is 0 Å². The molecular formula is C13H14ClN3S2. The fraction of sp³-hybridized carbons (Fsp3) is 0.308. The van der Waals surface area contributed by atoms with Crippen molar-refractivity contribution in [1.82, 2.24) is 15.1 Å². The van der Waals surface area contributed by atoms with Crippen LogP contribution in [0.15, 0.2) is 23.7 Å². The Balaban J connectivity index is 2.09. The third-order valence-corrected chi connectivity index (χ3v) is 5.59. The molecule has 1 unspecified atom stereocenters. The predicted molar refractivity (Wildman–Crippen MR) is 83.5 cm³/mol. The summed E-state index contributed by atoms with van der Waals surface area (Å²) in [5.41, 5.74) is 1.04. The SMILES string of the molecule is CCn1ncc(Cl)c1C(NC)c1cc2sccc2s1. The van der Waals surface area contributed by atoms with Crippen LogP contribution in [0.3, 0.4) is 0 Å². The number of nitrogens with zero attached hydrogens (tertiary/aromatic N) is 2. The van der Waals surface area contributed by atoms with E-state index in [4.69, 9.17) is 11.6 Å². The summed E-state index contributed by atoms with van der Waals surface area (Å²) in [4.78, 5) is 1.28. The largest absolute Gasteiger partial charge is 0.307 e. The summed E-state index contributed by atoms with van der Waals surface area (Å²) >= 11 is 9.89. The number of aromatic nitrogens is 2. The molecular weight excluding hydrogens is 298 g/mol. The van der Waals surface area contributed by atoms with Crippen molar-refractivity contribution in [2.24, 2.45) is 0 Å². The lowest BCUT2D eigenvalue weighted by Gasteiger charge is -2.16. The van der Waals surface area contributed by atoms with E-state index < -0.39 is 0 Å².